The van der Waals surface area contributed by atoms with Gasteiger partial charge in [0.05, 0.1) is 6.10 Å². The summed E-state index contributed by atoms with van der Waals surface area (Å²) in [6.07, 6.45) is 4.90. The summed E-state index contributed by atoms with van der Waals surface area (Å²) in [6.45, 7) is 5.16. The standard InChI is InChI=1S/C25H31N3O5/c1-2-32-18-12-27(13-18)22-14-3-4-15(9-14)23(22)33-17-5-6-19-16(10-17)11-28(25(19)31)20-7-8-21(29)26-24(20)30/h5-6,10,14-15,18,20,22-23H,2-4,7-9,11-13H2,1H3,(H,26,29,30)/t14-,15+,20?,22+,23+/m0/s1. The van der Waals surface area contributed by atoms with Crippen LogP contribution in [0.4, 0.5) is 0 Å². The number of rotatable bonds is 6. The Balaban J connectivity index is 1.16. The van der Waals surface area contributed by atoms with Crippen molar-refractivity contribution in [3.63, 3.8) is 0 Å². The molecule has 4 fully saturated rings. The van der Waals surface area contributed by atoms with Gasteiger partial charge in [-0.1, -0.05) is 0 Å². The zero-order valence-corrected chi connectivity index (χ0v) is 19.0. The highest BCUT2D eigenvalue weighted by Gasteiger charge is 2.53. The number of carbonyl (C=O) groups excluding carboxylic acids is 3. The number of nitrogens with one attached hydrogen (secondary N) is 1. The molecular formula is C25H31N3O5. The number of ether oxygens (including phenoxy) is 2. The number of nitrogens with zero attached hydrogens (tertiary/aromatic N) is 2. The first-order valence-corrected chi connectivity index (χ1v) is 12.3. The molecule has 3 aliphatic heterocycles. The summed E-state index contributed by atoms with van der Waals surface area (Å²) < 4.78 is 12.4. The number of hydrogen-bond acceptors (Lipinski definition) is 6. The van der Waals surface area contributed by atoms with Gasteiger partial charge in [-0.25, -0.2) is 0 Å². The minimum Gasteiger partial charge on any atom is -0.488 e. The van der Waals surface area contributed by atoms with E-state index in [-0.39, 0.29) is 30.2 Å². The van der Waals surface area contributed by atoms with E-state index in [9.17, 15) is 14.4 Å². The first kappa shape index (κ1) is 21.1. The molecule has 1 N–H and O–H groups in total. The SMILES string of the molecule is CCOC1CN([C@@H]2[C@H]3CC[C@H](C3)[C@H]2Oc2ccc3c(c2)CN(C2CCC(=O)NC2=O)C3=O)C1. The Bertz CT molecular complexity index is 990. The zero-order valence-electron chi connectivity index (χ0n) is 19.0. The molecule has 1 aromatic carbocycles. The van der Waals surface area contributed by atoms with Crippen LogP contribution in [0.25, 0.3) is 0 Å². The molecule has 8 heteroatoms. The monoisotopic (exact) mass is 453 g/mol. The lowest BCUT2D eigenvalue weighted by Crippen LogP contribution is -2.61. The summed E-state index contributed by atoms with van der Waals surface area (Å²) in [5.41, 5.74) is 1.51. The van der Waals surface area contributed by atoms with Gasteiger partial charge in [-0.2, -0.15) is 0 Å². The molecule has 0 radical (unpaired) electrons. The summed E-state index contributed by atoms with van der Waals surface area (Å²) in [5.74, 6) is 1.28. The van der Waals surface area contributed by atoms with Gasteiger partial charge in [0.1, 0.15) is 17.9 Å². The Kier molecular flexibility index (Phi) is 5.18. The number of likely N-dealkylation sites (tertiary alicyclic amines) is 1. The number of benzene rings is 1. The maximum Gasteiger partial charge on any atom is 0.255 e. The molecule has 8 nitrogen and oxygen atoms in total. The van der Waals surface area contributed by atoms with Gasteiger partial charge in [0.25, 0.3) is 5.91 Å². The first-order valence-electron chi connectivity index (χ1n) is 12.3. The summed E-state index contributed by atoms with van der Waals surface area (Å²) in [7, 11) is 0. The van der Waals surface area contributed by atoms with E-state index in [0.717, 1.165) is 31.0 Å². The number of imide groups is 1. The highest BCUT2D eigenvalue weighted by Crippen LogP contribution is 2.49. The quantitative estimate of drug-likeness (QED) is 0.660. The second-order valence-corrected chi connectivity index (χ2v) is 10.2. The van der Waals surface area contributed by atoms with Gasteiger partial charge in [-0.3, -0.25) is 24.6 Å². The molecule has 5 aliphatic rings. The number of hydrogen-bond donors (Lipinski definition) is 1. The van der Waals surface area contributed by atoms with Crippen molar-refractivity contribution in [1.29, 1.82) is 0 Å². The van der Waals surface area contributed by atoms with Crippen LogP contribution in [-0.2, 0) is 20.9 Å². The highest BCUT2D eigenvalue weighted by molar-refractivity contribution is 6.05. The Hall–Kier alpha value is -2.45. The molecule has 33 heavy (non-hydrogen) atoms. The summed E-state index contributed by atoms with van der Waals surface area (Å²) in [4.78, 5) is 40.9. The van der Waals surface area contributed by atoms with E-state index in [1.54, 1.807) is 4.90 Å². The van der Waals surface area contributed by atoms with Gasteiger partial charge in [0, 0.05) is 44.3 Å². The van der Waals surface area contributed by atoms with Crippen molar-refractivity contribution >= 4 is 17.7 Å². The highest BCUT2D eigenvalue weighted by atomic mass is 16.5. The van der Waals surface area contributed by atoms with E-state index in [1.807, 2.05) is 25.1 Å². The second-order valence-electron chi connectivity index (χ2n) is 10.2. The van der Waals surface area contributed by atoms with Gasteiger partial charge in [0.15, 0.2) is 0 Å². The summed E-state index contributed by atoms with van der Waals surface area (Å²) >= 11 is 0. The normalized spacial score (nSPS) is 33.9. The molecule has 2 aliphatic carbocycles. The van der Waals surface area contributed by atoms with E-state index in [4.69, 9.17) is 9.47 Å². The number of piperidine rings is 1. The van der Waals surface area contributed by atoms with E-state index in [2.05, 4.69) is 10.2 Å². The third-order valence-corrected chi connectivity index (χ3v) is 8.27. The molecule has 0 aromatic heterocycles. The minimum atomic E-state index is -0.591. The summed E-state index contributed by atoms with van der Waals surface area (Å²) in [5, 5.41) is 2.36. The first-order chi connectivity index (χ1) is 16.0. The molecule has 2 saturated carbocycles. The molecular weight excluding hydrogens is 422 g/mol. The predicted molar refractivity (Wildman–Crippen MR) is 119 cm³/mol. The van der Waals surface area contributed by atoms with Crippen molar-refractivity contribution in [2.24, 2.45) is 11.8 Å². The largest absolute Gasteiger partial charge is 0.488 e. The zero-order chi connectivity index (χ0) is 22.7. The van der Waals surface area contributed by atoms with Crippen LogP contribution in [-0.4, -0.2) is 71.5 Å². The molecule has 0 spiro atoms. The fraction of sp³-hybridized carbons (Fsp3) is 0.640. The smallest absolute Gasteiger partial charge is 0.255 e. The number of fused-ring (bicyclic) bond motifs is 3. The molecule has 1 unspecified atom stereocenters. The average Bonchev–Trinajstić information content (AvgIpc) is 3.45. The molecule has 5 atom stereocenters. The maximum atomic E-state index is 13.0. The van der Waals surface area contributed by atoms with Crippen LogP contribution in [0, 0.1) is 11.8 Å². The van der Waals surface area contributed by atoms with Gasteiger partial charge < -0.3 is 14.4 Å². The molecule has 6 rings (SSSR count). The molecule has 176 valence electrons. The third-order valence-electron chi connectivity index (χ3n) is 8.27. The van der Waals surface area contributed by atoms with E-state index in [0.29, 0.717) is 42.5 Å². The minimum absolute atomic E-state index is 0.147. The van der Waals surface area contributed by atoms with Gasteiger partial charge in [0.2, 0.25) is 11.8 Å². The Morgan fingerprint density at radius 2 is 1.91 bits per heavy atom. The van der Waals surface area contributed by atoms with Crippen molar-refractivity contribution < 1.29 is 23.9 Å². The third kappa shape index (κ3) is 3.54. The van der Waals surface area contributed by atoms with Crippen LogP contribution in [0.2, 0.25) is 0 Å². The van der Waals surface area contributed by atoms with Crippen molar-refractivity contribution in [3.8, 4) is 5.75 Å². The number of carbonyl (C=O) groups is 3. The summed E-state index contributed by atoms with van der Waals surface area (Å²) in [6, 6.07) is 5.55. The molecule has 3 amide bonds. The Morgan fingerprint density at radius 1 is 1.09 bits per heavy atom. The van der Waals surface area contributed by atoms with Gasteiger partial charge in [-0.15, -0.1) is 0 Å². The molecule has 1 aromatic rings. The maximum absolute atomic E-state index is 13.0. The van der Waals surface area contributed by atoms with Crippen LogP contribution in [0.1, 0.15) is 54.9 Å². The second kappa shape index (κ2) is 8.09. The van der Waals surface area contributed by atoms with Gasteiger partial charge >= 0.3 is 0 Å². The van der Waals surface area contributed by atoms with E-state index < -0.39 is 6.04 Å². The number of amides is 3. The Labute approximate surface area is 193 Å². The molecule has 2 saturated heterocycles. The van der Waals surface area contributed by atoms with Crippen LogP contribution in [0.5, 0.6) is 5.75 Å². The van der Waals surface area contributed by atoms with E-state index >= 15 is 0 Å². The van der Waals surface area contributed by atoms with E-state index in [1.165, 1.54) is 19.3 Å². The van der Waals surface area contributed by atoms with Crippen LogP contribution < -0.4 is 10.1 Å². The molecule has 2 bridgehead atoms. The van der Waals surface area contributed by atoms with Crippen LogP contribution in [0.15, 0.2) is 18.2 Å². The molecule has 3 heterocycles. The lowest BCUT2D eigenvalue weighted by molar-refractivity contribution is -0.136. The van der Waals surface area contributed by atoms with Crippen molar-refractivity contribution in [2.45, 2.75) is 69.9 Å². The van der Waals surface area contributed by atoms with Gasteiger partial charge in [-0.05, 0) is 68.2 Å². The Morgan fingerprint density at radius 3 is 2.70 bits per heavy atom. The van der Waals surface area contributed by atoms with Crippen molar-refractivity contribution in [2.75, 3.05) is 19.7 Å². The fourth-order valence-corrected chi connectivity index (χ4v) is 6.72. The van der Waals surface area contributed by atoms with Crippen LogP contribution >= 0.6 is 0 Å². The topological polar surface area (TPSA) is 88.2 Å². The van der Waals surface area contributed by atoms with Crippen LogP contribution in [0.3, 0.4) is 0 Å². The average molecular weight is 454 g/mol. The van der Waals surface area contributed by atoms with Crippen molar-refractivity contribution in [3.05, 3.63) is 29.3 Å². The lowest BCUT2D eigenvalue weighted by atomic mass is 9.89. The predicted octanol–water partition coefficient (Wildman–Crippen LogP) is 1.71. The fourth-order valence-electron chi connectivity index (χ4n) is 6.72. The lowest BCUT2D eigenvalue weighted by Gasteiger charge is -2.47. The van der Waals surface area contributed by atoms with Crippen molar-refractivity contribution in [1.82, 2.24) is 15.1 Å².